The predicted molar refractivity (Wildman–Crippen MR) is 91.5 cm³/mol. The maximum Gasteiger partial charge on any atom is 0.0233 e. The molecule has 1 aromatic carbocycles. The van der Waals surface area contributed by atoms with Crippen LogP contribution in [0.2, 0.25) is 0 Å². The molecule has 0 atom stereocenters. The fourth-order valence-electron chi connectivity index (χ4n) is 3.29. The smallest absolute Gasteiger partial charge is 0.0233 e. The Morgan fingerprint density at radius 1 is 1.10 bits per heavy atom. The first-order valence-electron chi connectivity index (χ1n) is 8.62. The van der Waals surface area contributed by atoms with E-state index < -0.39 is 0 Å². The molecule has 0 bridgehead atoms. The number of hydrogen-bond acceptors (Lipinski definition) is 2. The summed E-state index contributed by atoms with van der Waals surface area (Å²) in [6.45, 7) is 9.39. The van der Waals surface area contributed by atoms with Crippen molar-refractivity contribution in [3.05, 3.63) is 35.4 Å². The molecule has 0 unspecified atom stereocenters. The van der Waals surface area contributed by atoms with E-state index in [2.05, 4.69) is 55.4 Å². The van der Waals surface area contributed by atoms with Gasteiger partial charge in [-0.1, -0.05) is 38.1 Å². The van der Waals surface area contributed by atoms with E-state index >= 15 is 0 Å². The van der Waals surface area contributed by atoms with Crippen molar-refractivity contribution in [1.29, 1.82) is 0 Å². The van der Waals surface area contributed by atoms with Gasteiger partial charge in [0.2, 0.25) is 0 Å². The molecule has 0 amide bonds. The first-order chi connectivity index (χ1) is 10.2. The Bertz CT molecular complexity index is 389. The molecule has 21 heavy (non-hydrogen) atoms. The molecule has 2 nitrogen and oxygen atoms in total. The summed E-state index contributed by atoms with van der Waals surface area (Å²) in [5.74, 6) is 1.68. The summed E-state index contributed by atoms with van der Waals surface area (Å²) in [6, 6.07) is 9.28. The van der Waals surface area contributed by atoms with E-state index in [-0.39, 0.29) is 0 Å². The summed E-state index contributed by atoms with van der Waals surface area (Å²) >= 11 is 0. The van der Waals surface area contributed by atoms with Crippen molar-refractivity contribution >= 4 is 0 Å². The number of benzene rings is 1. The monoisotopic (exact) mass is 288 g/mol. The van der Waals surface area contributed by atoms with Gasteiger partial charge >= 0.3 is 0 Å². The highest BCUT2D eigenvalue weighted by molar-refractivity contribution is 5.22. The number of nitrogens with one attached hydrogen (secondary N) is 1. The Morgan fingerprint density at radius 3 is 2.29 bits per heavy atom. The minimum absolute atomic E-state index is 0.743. The molecule has 1 heterocycles. The lowest BCUT2D eigenvalue weighted by atomic mass is 9.93. The first-order valence-corrected chi connectivity index (χ1v) is 8.62. The average molecular weight is 288 g/mol. The number of likely N-dealkylation sites (tertiary alicyclic amines) is 1. The molecule has 0 aliphatic carbocycles. The van der Waals surface area contributed by atoms with Crippen LogP contribution >= 0.6 is 0 Å². The molecular weight excluding hydrogens is 256 g/mol. The van der Waals surface area contributed by atoms with E-state index in [0.717, 1.165) is 18.4 Å². The van der Waals surface area contributed by atoms with Gasteiger partial charge in [0, 0.05) is 6.54 Å². The lowest BCUT2D eigenvalue weighted by Gasteiger charge is -2.32. The van der Waals surface area contributed by atoms with E-state index in [9.17, 15) is 0 Å². The zero-order valence-corrected chi connectivity index (χ0v) is 14.1. The van der Waals surface area contributed by atoms with Gasteiger partial charge in [0.1, 0.15) is 0 Å². The third kappa shape index (κ3) is 5.80. The Hall–Kier alpha value is -0.860. The third-order valence-electron chi connectivity index (χ3n) is 4.58. The normalized spacial score (nSPS) is 17.5. The maximum atomic E-state index is 3.27. The average Bonchev–Trinajstić information content (AvgIpc) is 2.48. The third-order valence-corrected chi connectivity index (χ3v) is 4.58. The Kier molecular flexibility index (Phi) is 6.72. The standard InChI is InChI=1S/C19H32N2/c1-16(2)14-18-4-6-19(7-5-18)15-21-12-9-17(10-13-21)8-11-20-3/h4-7,16-17,20H,8-15H2,1-3H3. The van der Waals surface area contributed by atoms with E-state index in [1.807, 2.05) is 0 Å². The highest BCUT2D eigenvalue weighted by atomic mass is 15.1. The molecule has 0 aromatic heterocycles. The second kappa shape index (κ2) is 8.55. The molecule has 0 radical (unpaired) electrons. The summed E-state index contributed by atoms with van der Waals surface area (Å²) in [4.78, 5) is 2.62. The van der Waals surface area contributed by atoms with Gasteiger partial charge in [-0.15, -0.1) is 0 Å². The van der Waals surface area contributed by atoms with Crippen LogP contribution in [-0.4, -0.2) is 31.6 Å². The molecule has 1 saturated heterocycles. The van der Waals surface area contributed by atoms with E-state index in [0.29, 0.717) is 0 Å². The van der Waals surface area contributed by atoms with Crippen LogP contribution in [0.25, 0.3) is 0 Å². The SMILES string of the molecule is CNCCC1CCN(Cc2ccc(CC(C)C)cc2)CC1. The lowest BCUT2D eigenvalue weighted by Crippen LogP contribution is -2.34. The summed E-state index contributed by atoms with van der Waals surface area (Å²) < 4.78 is 0. The number of hydrogen-bond donors (Lipinski definition) is 1. The van der Waals surface area contributed by atoms with Crippen LogP contribution in [0.5, 0.6) is 0 Å². The molecule has 1 N–H and O–H groups in total. The zero-order valence-electron chi connectivity index (χ0n) is 14.1. The predicted octanol–water partition coefficient (Wildman–Crippen LogP) is 3.71. The van der Waals surface area contributed by atoms with E-state index in [1.54, 1.807) is 0 Å². The highest BCUT2D eigenvalue weighted by Crippen LogP contribution is 2.21. The van der Waals surface area contributed by atoms with Gasteiger partial charge in [0.15, 0.2) is 0 Å². The van der Waals surface area contributed by atoms with Crippen LogP contribution in [0.4, 0.5) is 0 Å². The molecule has 2 rings (SSSR count). The fraction of sp³-hybridized carbons (Fsp3) is 0.684. The molecular formula is C19H32N2. The van der Waals surface area contributed by atoms with E-state index in [4.69, 9.17) is 0 Å². The van der Waals surface area contributed by atoms with Crippen LogP contribution in [0.1, 0.15) is 44.2 Å². The van der Waals surface area contributed by atoms with Gasteiger partial charge in [-0.2, -0.15) is 0 Å². The Labute approximate surface area is 130 Å². The summed E-state index contributed by atoms with van der Waals surface area (Å²) in [6.07, 6.45) is 5.27. The van der Waals surface area contributed by atoms with Gasteiger partial charge in [-0.25, -0.2) is 0 Å². The Morgan fingerprint density at radius 2 is 1.71 bits per heavy atom. The van der Waals surface area contributed by atoms with Crippen molar-refractivity contribution in [2.75, 3.05) is 26.7 Å². The van der Waals surface area contributed by atoms with Crippen molar-refractivity contribution in [1.82, 2.24) is 10.2 Å². The highest BCUT2D eigenvalue weighted by Gasteiger charge is 2.18. The summed E-state index contributed by atoms with van der Waals surface area (Å²) in [5, 5.41) is 3.27. The number of nitrogens with zero attached hydrogens (tertiary/aromatic N) is 1. The topological polar surface area (TPSA) is 15.3 Å². The van der Waals surface area contributed by atoms with Gasteiger partial charge in [-0.3, -0.25) is 4.90 Å². The molecule has 1 fully saturated rings. The van der Waals surface area contributed by atoms with Gasteiger partial charge < -0.3 is 5.32 Å². The van der Waals surface area contributed by atoms with Gasteiger partial charge in [-0.05, 0) is 75.3 Å². The van der Waals surface area contributed by atoms with Gasteiger partial charge in [0.05, 0.1) is 0 Å². The van der Waals surface area contributed by atoms with Crippen molar-refractivity contribution < 1.29 is 0 Å². The molecule has 118 valence electrons. The van der Waals surface area contributed by atoms with Crippen LogP contribution in [0, 0.1) is 11.8 Å². The van der Waals surface area contributed by atoms with Crippen LogP contribution in [0.15, 0.2) is 24.3 Å². The molecule has 2 heteroatoms. The van der Waals surface area contributed by atoms with Gasteiger partial charge in [0.25, 0.3) is 0 Å². The van der Waals surface area contributed by atoms with Crippen molar-refractivity contribution in [2.24, 2.45) is 11.8 Å². The van der Waals surface area contributed by atoms with Crippen molar-refractivity contribution in [2.45, 2.75) is 46.1 Å². The minimum atomic E-state index is 0.743. The van der Waals surface area contributed by atoms with Crippen LogP contribution in [-0.2, 0) is 13.0 Å². The first kappa shape index (κ1) is 16.5. The molecule has 0 saturated carbocycles. The lowest BCUT2D eigenvalue weighted by molar-refractivity contribution is 0.172. The van der Waals surface area contributed by atoms with Crippen LogP contribution < -0.4 is 5.32 Å². The van der Waals surface area contributed by atoms with E-state index in [1.165, 1.54) is 56.4 Å². The van der Waals surface area contributed by atoms with Crippen molar-refractivity contribution in [3.8, 4) is 0 Å². The van der Waals surface area contributed by atoms with Crippen molar-refractivity contribution in [3.63, 3.8) is 0 Å². The molecule has 1 aliphatic heterocycles. The quantitative estimate of drug-likeness (QED) is 0.823. The number of piperidine rings is 1. The molecule has 0 spiro atoms. The molecule has 1 aliphatic rings. The minimum Gasteiger partial charge on any atom is -0.320 e. The summed E-state index contributed by atoms with van der Waals surface area (Å²) in [7, 11) is 2.05. The maximum absolute atomic E-state index is 3.27. The Balaban J connectivity index is 1.75. The molecule has 1 aromatic rings. The van der Waals surface area contributed by atoms with Crippen LogP contribution in [0.3, 0.4) is 0 Å². The second-order valence-electron chi connectivity index (χ2n) is 7.03. The second-order valence-corrected chi connectivity index (χ2v) is 7.03. The zero-order chi connectivity index (χ0) is 15.1. The fourth-order valence-corrected chi connectivity index (χ4v) is 3.29. The number of rotatable bonds is 7. The summed E-state index contributed by atoms with van der Waals surface area (Å²) in [5.41, 5.74) is 2.94. The largest absolute Gasteiger partial charge is 0.320 e.